The van der Waals surface area contributed by atoms with Crippen LogP contribution in [0.5, 0.6) is 5.75 Å². The summed E-state index contributed by atoms with van der Waals surface area (Å²) < 4.78 is 8.07. The fraction of sp³-hybridized carbons (Fsp3) is 0.471. The molecule has 1 aliphatic rings. The molecule has 1 aromatic carbocycles. The van der Waals surface area contributed by atoms with Crippen LogP contribution in [-0.2, 0) is 19.6 Å². The van der Waals surface area contributed by atoms with Crippen molar-refractivity contribution in [3.05, 3.63) is 46.8 Å². The highest BCUT2D eigenvalue weighted by molar-refractivity contribution is 5.43. The Kier molecular flexibility index (Phi) is 3.97. The highest BCUT2D eigenvalue weighted by atomic mass is 16.5. The molecule has 0 saturated heterocycles. The van der Waals surface area contributed by atoms with Crippen LogP contribution in [0.15, 0.2) is 24.3 Å². The summed E-state index contributed by atoms with van der Waals surface area (Å²) in [5.74, 6) is 0.976. The first kappa shape index (κ1) is 14.1. The van der Waals surface area contributed by atoms with E-state index in [9.17, 15) is 0 Å². The van der Waals surface area contributed by atoms with Crippen molar-refractivity contribution < 1.29 is 4.74 Å². The maximum absolute atomic E-state index is 6.20. The molecule has 21 heavy (non-hydrogen) atoms. The second-order valence-electron chi connectivity index (χ2n) is 5.70. The first-order valence-electron chi connectivity index (χ1n) is 7.72. The summed E-state index contributed by atoms with van der Waals surface area (Å²) in [4.78, 5) is 0. The molecule has 1 aromatic heterocycles. The zero-order valence-electron chi connectivity index (χ0n) is 12.8. The van der Waals surface area contributed by atoms with Crippen LogP contribution in [0, 0.1) is 6.92 Å². The highest BCUT2D eigenvalue weighted by Gasteiger charge is 2.20. The normalized spacial score (nSPS) is 17.6. The number of fused-ring (bicyclic) bond motifs is 1. The number of aryl methyl sites for hydroxylation is 2. The molecule has 4 nitrogen and oxygen atoms in total. The smallest absolute Gasteiger partial charge is 0.130 e. The first-order chi connectivity index (χ1) is 10.2. The van der Waals surface area contributed by atoms with Crippen LogP contribution in [-0.4, -0.2) is 9.78 Å². The summed E-state index contributed by atoms with van der Waals surface area (Å²) in [7, 11) is 0. The molecule has 0 amide bonds. The summed E-state index contributed by atoms with van der Waals surface area (Å²) >= 11 is 0. The standard InChI is InChI=1S/C17H23N3O/c1-3-20-13(10-12(2)19-20)11-21-17-9-5-6-14-15(17)7-4-8-16(14)18/h5-6,9-10,16H,3-4,7-8,11,18H2,1-2H3. The Morgan fingerprint density at radius 3 is 3.10 bits per heavy atom. The van der Waals surface area contributed by atoms with Gasteiger partial charge in [0.05, 0.1) is 11.4 Å². The number of hydrogen-bond donors (Lipinski definition) is 1. The van der Waals surface area contributed by atoms with E-state index in [0.717, 1.165) is 42.9 Å². The van der Waals surface area contributed by atoms with Crippen molar-refractivity contribution in [2.75, 3.05) is 0 Å². The van der Waals surface area contributed by atoms with E-state index in [1.165, 1.54) is 11.1 Å². The third kappa shape index (κ3) is 2.81. The van der Waals surface area contributed by atoms with Gasteiger partial charge in [-0.25, -0.2) is 0 Å². The Labute approximate surface area is 125 Å². The molecule has 1 heterocycles. The summed E-state index contributed by atoms with van der Waals surface area (Å²) in [5, 5.41) is 4.46. The van der Waals surface area contributed by atoms with Crippen LogP contribution in [0.25, 0.3) is 0 Å². The van der Waals surface area contributed by atoms with Gasteiger partial charge in [-0.05, 0) is 56.4 Å². The first-order valence-corrected chi connectivity index (χ1v) is 7.72. The fourth-order valence-electron chi connectivity index (χ4n) is 3.13. The topological polar surface area (TPSA) is 53.1 Å². The van der Waals surface area contributed by atoms with E-state index in [-0.39, 0.29) is 6.04 Å². The van der Waals surface area contributed by atoms with E-state index in [0.29, 0.717) is 6.61 Å². The van der Waals surface area contributed by atoms with Crippen LogP contribution in [0.4, 0.5) is 0 Å². The number of ether oxygens (including phenoxy) is 1. The molecule has 2 N–H and O–H groups in total. The number of nitrogens with zero attached hydrogens (tertiary/aromatic N) is 2. The van der Waals surface area contributed by atoms with Gasteiger partial charge in [0.1, 0.15) is 12.4 Å². The second-order valence-corrected chi connectivity index (χ2v) is 5.70. The molecule has 0 aliphatic heterocycles. The predicted molar refractivity (Wildman–Crippen MR) is 83.3 cm³/mol. The van der Waals surface area contributed by atoms with Crippen molar-refractivity contribution in [2.45, 2.75) is 52.3 Å². The lowest BCUT2D eigenvalue weighted by molar-refractivity contribution is 0.287. The minimum absolute atomic E-state index is 0.153. The molecule has 1 aliphatic carbocycles. The average Bonchev–Trinajstić information content (AvgIpc) is 2.86. The van der Waals surface area contributed by atoms with E-state index < -0.39 is 0 Å². The summed E-state index contributed by atoms with van der Waals surface area (Å²) in [6.07, 6.45) is 3.27. The molecule has 0 spiro atoms. The molecule has 1 unspecified atom stereocenters. The quantitative estimate of drug-likeness (QED) is 0.939. The van der Waals surface area contributed by atoms with E-state index in [2.05, 4.69) is 30.2 Å². The maximum Gasteiger partial charge on any atom is 0.130 e. The summed E-state index contributed by atoms with van der Waals surface area (Å²) in [6, 6.07) is 8.47. The SMILES string of the molecule is CCn1nc(C)cc1COc1cccc2c1CCCC2N. The summed E-state index contributed by atoms with van der Waals surface area (Å²) in [5.41, 5.74) is 10.9. The van der Waals surface area contributed by atoms with Crippen molar-refractivity contribution in [1.29, 1.82) is 0 Å². The Morgan fingerprint density at radius 2 is 2.29 bits per heavy atom. The summed E-state index contributed by atoms with van der Waals surface area (Å²) in [6.45, 7) is 5.53. The van der Waals surface area contributed by atoms with E-state index in [4.69, 9.17) is 10.5 Å². The molecule has 2 aromatic rings. The number of rotatable bonds is 4. The van der Waals surface area contributed by atoms with Gasteiger partial charge in [-0.15, -0.1) is 0 Å². The fourth-order valence-corrected chi connectivity index (χ4v) is 3.13. The predicted octanol–water partition coefficient (Wildman–Crippen LogP) is 3.13. The number of nitrogens with two attached hydrogens (primary N) is 1. The van der Waals surface area contributed by atoms with Gasteiger partial charge in [-0.3, -0.25) is 4.68 Å². The minimum Gasteiger partial charge on any atom is -0.487 e. The van der Waals surface area contributed by atoms with Gasteiger partial charge in [0, 0.05) is 12.6 Å². The van der Waals surface area contributed by atoms with Crippen molar-refractivity contribution >= 4 is 0 Å². The molecule has 0 saturated carbocycles. The largest absolute Gasteiger partial charge is 0.487 e. The Morgan fingerprint density at radius 1 is 1.43 bits per heavy atom. The molecule has 0 radical (unpaired) electrons. The van der Waals surface area contributed by atoms with Gasteiger partial charge in [0.15, 0.2) is 0 Å². The highest BCUT2D eigenvalue weighted by Crippen LogP contribution is 2.34. The lowest BCUT2D eigenvalue weighted by Crippen LogP contribution is -2.18. The van der Waals surface area contributed by atoms with E-state index in [1.807, 2.05) is 17.7 Å². The molecular formula is C17H23N3O. The van der Waals surface area contributed by atoms with Gasteiger partial charge in [0.25, 0.3) is 0 Å². The van der Waals surface area contributed by atoms with Crippen LogP contribution < -0.4 is 10.5 Å². The number of benzene rings is 1. The zero-order valence-corrected chi connectivity index (χ0v) is 12.8. The second kappa shape index (κ2) is 5.90. The molecular weight excluding hydrogens is 262 g/mol. The van der Waals surface area contributed by atoms with Crippen LogP contribution in [0.1, 0.15) is 48.3 Å². The maximum atomic E-state index is 6.20. The van der Waals surface area contributed by atoms with E-state index >= 15 is 0 Å². The van der Waals surface area contributed by atoms with Gasteiger partial charge >= 0.3 is 0 Å². The monoisotopic (exact) mass is 285 g/mol. The van der Waals surface area contributed by atoms with Crippen LogP contribution >= 0.6 is 0 Å². The zero-order chi connectivity index (χ0) is 14.8. The van der Waals surface area contributed by atoms with E-state index in [1.54, 1.807) is 0 Å². The molecule has 0 fully saturated rings. The minimum atomic E-state index is 0.153. The molecule has 4 heteroatoms. The number of hydrogen-bond acceptors (Lipinski definition) is 3. The van der Waals surface area contributed by atoms with Crippen LogP contribution in [0.3, 0.4) is 0 Å². The Hall–Kier alpha value is -1.81. The Balaban J connectivity index is 1.81. The molecule has 112 valence electrons. The Bertz CT molecular complexity index is 633. The lowest BCUT2D eigenvalue weighted by atomic mass is 9.87. The molecule has 3 rings (SSSR count). The third-order valence-electron chi connectivity index (χ3n) is 4.17. The lowest BCUT2D eigenvalue weighted by Gasteiger charge is -2.24. The van der Waals surface area contributed by atoms with Crippen molar-refractivity contribution in [3.8, 4) is 5.75 Å². The van der Waals surface area contributed by atoms with Crippen molar-refractivity contribution in [1.82, 2.24) is 9.78 Å². The molecule has 1 atom stereocenters. The van der Waals surface area contributed by atoms with Crippen LogP contribution in [0.2, 0.25) is 0 Å². The van der Waals surface area contributed by atoms with Gasteiger partial charge in [-0.2, -0.15) is 5.10 Å². The van der Waals surface area contributed by atoms with Gasteiger partial charge in [-0.1, -0.05) is 12.1 Å². The van der Waals surface area contributed by atoms with Crippen molar-refractivity contribution in [3.63, 3.8) is 0 Å². The average molecular weight is 285 g/mol. The number of aromatic nitrogens is 2. The van der Waals surface area contributed by atoms with Crippen molar-refractivity contribution in [2.24, 2.45) is 5.73 Å². The molecule has 0 bridgehead atoms. The van der Waals surface area contributed by atoms with Gasteiger partial charge in [0.2, 0.25) is 0 Å². The third-order valence-corrected chi connectivity index (χ3v) is 4.17. The van der Waals surface area contributed by atoms with Gasteiger partial charge < -0.3 is 10.5 Å².